The Morgan fingerprint density at radius 2 is 2.03 bits per heavy atom. The van der Waals surface area contributed by atoms with Crippen LogP contribution < -0.4 is 9.47 Å². The molecule has 0 aromatic heterocycles. The van der Waals surface area contributed by atoms with Crippen LogP contribution in [0.5, 0.6) is 11.5 Å². The topological polar surface area (TPSA) is 91.1 Å². The van der Waals surface area contributed by atoms with E-state index in [9.17, 15) is 14.9 Å². The lowest BCUT2D eigenvalue weighted by molar-refractivity contribution is -0.385. The summed E-state index contributed by atoms with van der Waals surface area (Å²) in [4.78, 5) is 25.7. The molecule has 29 heavy (non-hydrogen) atoms. The van der Waals surface area contributed by atoms with E-state index in [2.05, 4.69) is 0 Å². The number of rotatable bonds is 6. The zero-order valence-corrected chi connectivity index (χ0v) is 16.8. The maximum absolute atomic E-state index is 13.1. The van der Waals surface area contributed by atoms with Gasteiger partial charge >= 0.3 is 0 Å². The normalized spacial score (nSPS) is 16.4. The molecule has 8 nitrogen and oxygen atoms in total. The number of amides is 1. The van der Waals surface area contributed by atoms with Gasteiger partial charge in [-0.1, -0.05) is 23.7 Å². The number of carbonyl (C=O) groups excluding carboxylic acids is 1. The van der Waals surface area contributed by atoms with Crippen molar-refractivity contribution in [1.82, 2.24) is 4.90 Å². The molecule has 3 rings (SSSR count). The molecule has 9 heteroatoms. The monoisotopic (exact) mass is 420 g/mol. The highest BCUT2D eigenvalue weighted by Gasteiger charge is 2.31. The van der Waals surface area contributed by atoms with Crippen molar-refractivity contribution in [3.8, 4) is 11.5 Å². The minimum absolute atomic E-state index is 0.0490. The third-order valence-electron chi connectivity index (χ3n) is 4.60. The first-order valence-electron chi connectivity index (χ1n) is 9.10. The summed E-state index contributed by atoms with van der Waals surface area (Å²) in [5.41, 5.74) is 0.506. The standard InChI is InChI=1S/C20H21ClN2O6/c1-3-28-18-11-16(23(25)26)15(10-17(18)27-2)20(24)22-8-9-29-19(12-22)13-4-6-14(21)7-5-13/h4-7,10-11,19H,3,8-9,12H2,1-2H3. The number of nitro groups is 1. The zero-order valence-electron chi connectivity index (χ0n) is 16.1. The third kappa shape index (κ3) is 4.60. The lowest BCUT2D eigenvalue weighted by atomic mass is 10.1. The molecule has 154 valence electrons. The minimum atomic E-state index is -0.591. The number of morpholine rings is 1. The van der Waals surface area contributed by atoms with Gasteiger partial charge in [-0.3, -0.25) is 14.9 Å². The third-order valence-corrected chi connectivity index (χ3v) is 4.86. The number of benzene rings is 2. The molecule has 1 aliphatic rings. The predicted molar refractivity (Wildman–Crippen MR) is 107 cm³/mol. The van der Waals surface area contributed by atoms with Gasteiger partial charge in [0, 0.05) is 17.6 Å². The van der Waals surface area contributed by atoms with Gasteiger partial charge in [-0.25, -0.2) is 0 Å². The molecule has 0 bridgehead atoms. The highest BCUT2D eigenvalue weighted by atomic mass is 35.5. The molecule has 0 spiro atoms. The van der Waals surface area contributed by atoms with Crippen LogP contribution in [0.4, 0.5) is 5.69 Å². The number of nitrogens with zero attached hydrogens (tertiary/aromatic N) is 2. The Morgan fingerprint density at radius 3 is 2.66 bits per heavy atom. The van der Waals surface area contributed by atoms with Gasteiger partial charge in [0.15, 0.2) is 11.5 Å². The molecular weight excluding hydrogens is 400 g/mol. The Hall–Kier alpha value is -2.84. The van der Waals surface area contributed by atoms with Crippen LogP contribution in [-0.4, -0.2) is 49.1 Å². The summed E-state index contributed by atoms with van der Waals surface area (Å²) >= 11 is 5.93. The average molecular weight is 421 g/mol. The van der Waals surface area contributed by atoms with Crippen molar-refractivity contribution in [3.63, 3.8) is 0 Å². The van der Waals surface area contributed by atoms with E-state index in [-0.39, 0.29) is 35.4 Å². The van der Waals surface area contributed by atoms with Crippen molar-refractivity contribution < 1.29 is 23.9 Å². The van der Waals surface area contributed by atoms with Gasteiger partial charge in [0.05, 0.1) is 37.9 Å². The summed E-state index contributed by atoms with van der Waals surface area (Å²) in [5.74, 6) is 0.0305. The number of halogens is 1. The van der Waals surface area contributed by atoms with Gasteiger partial charge in [0.1, 0.15) is 11.7 Å². The van der Waals surface area contributed by atoms with E-state index in [1.165, 1.54) is 19.2 Å². The van der Waals surface area contributed by atoms with Crippen molar-refractivity contribution in [2.24, 2.45) is 0 Å². The summed E-state index contributed by atoms with van der Waals surface area (Å²) in [6.07, 6.45) is -0.339. The average Bonchev–Trinajstić information content (AvgIpc) is 2.73. The fraction of sp³-hybridized carbons (Fsp3) is 0.350. The summed E-state index contributed by atoms with van der Waals surface area (Å²) in [6, 6.07) is 9.77. The molecule has 1 atom stereocenters. The van der Waals surface area contributed by atoms with Gasteiger partial charge < -0.3 is 19.1 Å². The number of carbonyl (C=O) groups is 1. The van der Waals surface area contributed by atoms with Crippen molar-refractivity contribution in [2.75, 3.05) is 33.4 Å². The van der Waals surface area contributed by atoms with Crippen molar-refractivity contribution in [1.29, 1.82) is 0 Å². The summed E-state index contributed by atoms with van der Waals surface area (Å²) in [7, 11) is 1.42. The Bertz CT molecular complexity index is 903. The zero-order chi connectivity index (χ0) is 21.0. The summed E-state index contributed by atoms with van der Waals surface area (Å²) in [6.45, 7) is 2.99. The van der Waals surface area contributed by atoms with Crippen LogP contribution in [0.25, 0.3) is 0 Å². The van der Waals surface area contributed by atoms with Gasteiger partial charge in [0.2, 0.25) is 0 Å². The van der Waals surface area contributed by atoms with Crippen LogP contribution in [0, 0.1) is 10.1 Å². The molecule has 1 amide bonds. The van der Waals surface area contributed by atoms with Crippen molar-refractivity contribution >= 4 is 23.2 Å². The molecule has 2 aromatic rings. The van der Waals surface area contributed by atoms with E-state index >= 15 is 0 Å². The second-order valence-electron chi connectivity index (χ2n) is 6.37. The van der Waals surface area contributed by atoms with Gasteiger partial charge in [-0.05, 0) is 24.6 Å². The van der Waals surface area contributed by atoms with E-state index in [4.69, 9.17) is 25.8 Å². The maximum atomic E-state index is 13.1. The highest BCUT2D eigenvalue weighted by molar-refractivity contribution is 6.30. The lowest BCUT2D eigenvalue weighted by Crippen LogP contribution is -2.42. The van der Waals surface area contributed by atoms with Gasteiger partial charge in [0.25, 0.3) is 11.6 Å². The Labute approximate surface area is 173 Å². The van der Waals surface area contributed by atoms with E-state index in [0.29, 0.717) is 24.8 Å². The fourth-order valence-corrected chi connectivity index (χ4v) is 3.31. The molecular formula is C20H21ClN2O6. The number of methoxy groups -OCH3 is 1. The SMILES string of the molecule is CCOc1cc([N+](=O)[O-])c(C(=O)N2CCOC(c3ccc(Cl)cc3)C2)cc1OC. The van der Waals surface area contributed by atoms with Crippen LogP contribution in [0.2, 0.25) is 5.02 Å². The number of ether oxygens (including phenoxy) is 3. The molecule has 0 aliphatic carbocycles. The Morgan fingerprint density at radius 1 is 1.31 bits per heavy atom. The number of hydrogen-bond donors (Lipinski definition) is 0. The first kappa shape index (κ1) is 20.9. The molecule has 0 radical (unpaired) electrons. The Kier molecular flexibility index (Phi) is 6.56. The van der Waals surface area contributed by atoms with Crippen LogP contribution in [-0.2, 0) is 4.74 Å². The lowest BCUT2D eigenvalue weighted by Gasteiger charge is -2.33. The first-order valence-corrected chi connectivity index (χ1v) is 9.48. The van der Waals surface area contributed by atoms with Gasteiger partial charge in [-0.2, -0.15) is 0 Å². The van der Waals surface area contributed by atoms with Gasteiger partial charge in [-0.15, -0.1) is 0 Å². The quantitative estimate of drug-likeness (QED) is 0.520. The van der Waals surface area contributed by atoms with E-state index in [1.807, 2.05) is 12.1 Å². The molecule has 2 aromatic carbocycles. The molecule has 1 aliphatic heterocycles. The highest BCUT2D eigenvalue weighted by Crippen LogP contribution is 2.36. The van der Waals surface area contributed by atoms with E-state index < -0.39 is 10.8 Å². The van der Waals surface area contributed by atoms with Crippen LogP contribution >= 0.6 is 11.6 Å². The first-order chi connectivity index (χ1) is 13.9. The van der Waals surface area contributed by atoms with E-state index in [0.717, 1.165) is 5.56 Å². The van der Waals surface area contributed by atoms with Crippen LogP contribution in [0.15, 0.2) is 36.4 Å². The maximum Gasteiger partial charge on any atom is 0.286 e. The molecule has 1 unspecified atom stereocenters. The molecule has 0 saturated carbocycles. The predicted octanol–water partition coefficient (Wildman–Crippen LogP) is 3.87. The largest absolute Gasteiger partial charge is 0.493 e. The van der Waals surface area contributed by atoms with E-state index in [1.54, 1.807) is 24.0 Å². The summed E-state index contributed by atoms with van der Waals surface area (Å²) < 4.78 is 16.4. The number of hydrogen-bond acceptors (Lipinski definition) is 6. The second kappa shape index (κ2) is 9.11. The smallest absolute Gasteiger partial charge is 0.286 e. The molecule has 1 fully saturated rings. The second-order valence-corrected chi connectivity index (χ2v) is 6.81. The van der Waals surface area contributed by atoms with Crippen LogP contribution in [0.3, 0.4) is 0 Å². The minimum Gasteiger partial charge on any atom is -0.493 e. The fourth-order valence-electron chi connectivity index (χ4n) is 3.18. The molecule has 1 saturated heterocycles. The number of nitro benzene ring substituents is 1. The van der Waals surface area contributed by atoms with Crippen LogP contribution in [0.1, 0.15) is 28.9 Å². The molecule has 1 heterocycles. The van der Waals surface area contributed by atoms with Crippen molar-refractivity contribution in [2.45, 2.75) is 13.0 Å². The van der Waals surface area contributed by atoms with Crippen molar-refractivity contribution in [3.05, 3.63) is 62.7 Å². The summed E-state index contributed by atoms with van der Waals surface area (Å²) in [5, 5.41) is 12.2. The molecule has 0 N–H and O–H groups in total. The Balaban J connectivity index is 1.90.